The van der Waals surface area contributed by atoms with Gasteiger partial charge in [0, 0.05) is 5.92 Å². The van der Waals surface area contributed by atoms with E-state index in [9.17, 15) is 19.5 Å². The van der Waals surface area contributed by atoms with E-state index in [4.69, 9.17) is 18.9 Å². The van der Waals surface area contributed by atoms with Crippen LogP contribution in [-0.4, -0.2) is 53.2 Å². The van der Waals surface area contributed by atoms with Crippen molar-refractivity contribution in [3.8, 4) is 0 Å². The molecule has 4 saturated heterocycles. The van der Waals surface area contributed by atoms with Crippen molar-refractivity contribution in [2.24, 2.45) is 39.9 Å². The number of esters is 3. The molecule has 0 radical (unpaired) electrons. The molecule has 9 unspecified atom stereocenters. The van der Waals surface area contributed by atoms with Gasteiger partial charge in [-0.25, -0.2) is 9.59 Å². The van der Waals surface area contributed by atoms with Crippen LogP contribution in [0.1, 0.15) is 34.6 Å². The van der Waals surface area contributed by atoms with E-state index in [-0.39, 0.29) is 23.7 Å². The number of fused-ring (bicyclic) bond motifs is 1. The van der Waals surface area contributed by atoms with E-state index in [0.29, 0.717) is 0 Å². The molecule has 2 aliphatic carbocycles. The summed E-state index contributed by atoms with van der Waals surface area (Å²) >= 11 is 0. The largest absolute Gasteiger partial charge is 0.461 e. The number of hydrogen-bond acceptors (Lipinski definition) is 8. The summed E-state index contributed by atoms with van der Waals surface area (Å²) < 4.78 is 23.7. The molecule has 4 aliphatic heterocycles. The van der Waals surface area contributed by atoms with Crippen LogP contribution in [0.4, 0.5) is 0 Å². The molecule has 2 spiro atoms. The molecule has 12 atom stereocenters. The lowest BCUT2D eigenvalue weighted by atomic mass is 9.51. The summed E-state index contributed by atoms with van der Waals surface area (Å²) in [5, 5.41) is 11.2. The van der Waals surface area contributed by atoms with Gasteiger partial charge in [0.1, 0.15) is 12.2 Å². The maximum atomic E-state index is 13.5. The second kappa shape index (κ2) is 4.26. The molecule has 0 aromatic heterocycles. The molecule has 1 N–H and O–H groups in total. The van der Waals surface area contributed by atoms with Crippen LogP contribution in [0.25, 0.3) is 0 Å². The van der Waals surface area contributed by atoms with Gasteiger partial charge < -0.3 is 24.1 Å². The first-order valence-electron chi connectivity index (χ1n) is 10.0. The molecular formula is C20H24O8. The zero-order valence-electron chi connectivity index (χ0n) is 16.4. The molecular weight excluding hydrogens is 368 g/mol. The zero-order valence-corrected chi connectivity index (χ0v) is 16.4. The molecule has 2 saturated carbocycles. The van der Waals surface area contributed by atoms with Gasteiger partial charge >= 0.3 is 17.9 Å². The Morgan fingerprint density at radius 3 is 2.25 bits per heavy atom. The first-order chi connectivity index (χ1) is 13.1. The van der Waals surface area contributed by atoms with E-state index in [0.717, 1.165) is 0 Å². The number of hydrogen-bond donors (Lipinski definition) is 1. The van der Waals surface area contributed by atoms with Crippen LogP contribution in [-0.2, 0) is 33.3 Å². The fraction of sp³-hybridized carbons (Fsp3) is 0.850. The minimum Gasteiger partial charge on any atom is -0.461 e. The molecule has 6 fully saturated rings. The molecule has 6 aliphatic rings. The summed E-state index contributed by atoms with van der Waals surface area (Å²) in [7, 11) is 0. The van der Waals surface area contributed by atoms with Gasteiger partial charge in [0.15, 0.2) is 11.7 Å². The summed E-state index contributed by atoms with van der Waals surface area (Å²) in [4.78, 5) is 38.5. The van der Waals surface area contributed by atoms with Crippen molar-refractivity contribution in [3.05, 3.63) is 0 Å². The molecule has 0 bridgehead atoms. The number of ether oxygens (including phenoxy) is 4. The summed E-state index contributed by atoms with van der Waals surface area (Å²) in [5.74, 6) is -2.90. The standard InChI is InChI=1S/C20H24O8/c1-6-7(2)18-10(21)14(23)27-16(18)28-20-15(24)26-11(6)19(18,20)8(3)12-17(20,5)9(4)13(22)25-12/h6-12,16,21H,1-5H3/t6?,7?,8?,9?,10?,11?,12-,16?,17?,18?,19+,20+/m0/s1. The van der Waals surface area contributed by atoms with Crippen LogP contribution in [0.3, 0.4) is 0 Å². The predicted octanol–water partition coefficient (Wildman–Crippen LogP) is 0.401. The van der Waals surface area contributed by atoms with Crippen molar-refractivity contribution in [2.45, 2.75) is 64.8 Å². The first kappa shape index (κ1) is 17.2. The van der Waals surface area contributed by atoms with Gasteiger partial charge in [-0.15, -0.1) is 0 Å². The van der Waals surface area contributed by atoms with Gasteiger partial charge in [-0.1, -0.05) is 34.6 Å². The molecule has 6 rings (SSSR count). The fourth-order valence-electron chi connectivity index (χ4n) is 8.68. The summed E-state index contributed by atoms with van der Waals surface area (Å²) in [6.45, 7) is 9.46. The Morgan fingerprint density at radius 1 is 0.893 bits per heavy atom. The predicted molar refractivity (Wildman–Crippen MR) is 89.1 cm³/mol. The maximum absolute atomic E-state index is 13.5. The molecule has 8 nitrogen and oxygen atoms in total. The van der Waals surface area contributed by atoms with Crippen molar-refractivity contribution in [2.75, 3.05) is 0 Å². The molecule has 0 amide bonds. The Morgan fingerprint density at radius 2 is 1.57 bits per heavy atom. The Labute approximate surface area is 161 Å². The molecule has 0 aromatic rings. The second-order valence-electron chi connectivity index (χ2n) is 9.90. The van der Waals surface area contributed by atoms with Crippen LogP contribution < -0.4 is 0 Å². The van der Waals surface area contributed by atoms with Crippen LogP contribution in [0.15, 0.2) is 0 Å². The monoisotopic (exact) mass is 392 g/mol. The SMILES string of the molecule is CC1C(C)C23C(OC(=O)C2O)O[C@@]24C(=O)OC1[C@]32C(C)[C@@H]1OC(=O)C(C)C14C. The molecule has 0 aromatic carbocycles. The summed E-state index contributed by atoms with van der Waals surface area (Å²) in [5.41, 5.74) is -4.63. The highest BCUT2D eigenvalue weighted by molar-refractivity contribution is 5.92. The Hall–Kier alpha value is -1.67. The van der Waals surface area contributed by atoms with E-state index in [1.807, 2.05) is 27.7 Å². The molecule has 8 heteroatoms. The summed E-state index contributed by atoms with van der Waals surface area (Å²) in [6, 6.07) is 0. The lowest BCUT2D eigenvalue weighted by molar-refractivity contribution is -0.218. The van der Waals surface area contributed by atoms with Crippen LogP contribution >= 0.6 is 0 Å². The quantitative estimate of drug-likeness (QED) is 0.466. The van der Waals surface area contributed by atoms with E-state index < -0.39 is 64.3 Å². The van der Waals surface area contributed by atoms with Crippen molar-refractivity contribution in [3.63, 3.8) is 0 Å². The van der Waals surface area contributed by atoms with Gasteiger partial charge in [0.25, 0.3) is 0 Å². The van der Waals surface area contributed by atoms with Crippen molar-refractivity contribution < 1.29 is 38.4 Å². The molecule has 28 heavy (non-hydrogen) atoms. The average molecular weight is 392 g/mol. The highest BCUT2D eigenvalue weighted by atomic mass is 16.7. The van der Waals surface area contributed by atoms with Gasteiger partial charge in [0.2, 0.25) is 6.29 Å². The maximum Gasteiger partial charge on any atom is 0.340 e. The Kier molecular flexibility index (Phi) is 2.62. The Balaban J connectivity index is 1.74. The first-order valence-corrected chi connectivity index (χ1v) is 10.0. The van der Waals surface area contributed by atoms with Crippen LogP contribution in [0.2, 0.25) is 0 Å². The second-order valence-corrected chi connectivity index (χ2v) is 9.90. The third kappa shape index (κ3) is 1.09. The number of rotatable bonds is 0. The number of carbonyl (C=O) groups is 3. The highest BCUT2D eigenvalue weighted by Crippen LogP contribution is 2.87. The van der Waals surface area contributed by atoms with Gasteiger partial charge in [-0.05, 0) is 11.8 Å². The number of carbonyl (C=O) groups excluding carboxylic acids is 3. The van der Waals surface area contributed by atoms with Crippen molar-refractivity contribution in [1.82, 2.24) is 0 Å². The van der Waals surface area contributed by atoms with E-state index >= 15 is 0 Å². The third-order valence-electron chi connectivity index (χ3n) is 9.88. The Bertz CT molecular complexity index is 870. The molecule has 152 valence electrons. The molecule has 4 heterocycles. The highest BCUT2D eigenvalue weighted by Gasteiger charge is 3.01. The van der Waals surface area contributed by atoms with Crippen molar-refractivity contribution >= 4 is 17.9 Å². The van der Waals surface area contributed by atoms with Crippen LogP contribution in [0.5, 0.6) is 0 Å². The van der Waals surface area contributed by atoms with E-state index in [1.54, 1.807) is 6.92 Å². The topological polar surface area (TPSA) is 108 Å². The van der Waals surface area contributed by atoms with E-state index in [2.05, 4.69) is 0 Å². The number of aliphatic hydroxyl groups excluding tert-OH is 1. The lowest BCUT2D eigenvalue weighted by Gasteiger charge is -2.45. The minimum atomic E-state index is -1.51. The minimum absolute atomic E-state index is 0.114. The third-order valence-corrected chi connectivity index (χ3v) is 9.88. The van der Waals surface area contributed by atoms with Gasteiger partial charge in [-0.3, -0.25) is 4.79 Å². The van der Waals surface area contributed by atoms with Crippen LogP contribution in [0, 0.1) is 39.9 Å². The summed E-state index contributed by atoms with van der Waals surface area (Å²) in [6.07, 6.45) is -3.59. The van der Waals surface area contributed by atoms with Gasteiger partial charge in [-0.2, -0.15) is 0 Å². The smallest absolute Gasteiger partial charge is 0.340 e. The fourth-order valence-corrected chi connectivity index (χ4v) is 8.68. The lowest BCUT2D eigenvalue weighted by Crippen LogP contribution is -2.62. The van der Waals surface area contributed by atoms with Gasteiger partial charge in [0.05, 0.1) is 22.2 Å². The average Bonchev–Trinajstić information content (AvgIpc) is 3.33. The van der Waals surface area contributed by atoms with Crippen molar-refractivity contribution in [1.29, 1.82) is 0 Å². The number of aliphatic hydroxyl groups is 1. The van der Waals surface area contributed by atoms with E-state index in [1.165, 1.54) is 0 Å². The zero-order chi connectivity index (χ0) is 20.2. The normalized spacial score (nSPS) is 65.6.